The maximum absolute atomic E-state index is 5.46. The minimum absolute atomic E-state index is 0.465. The highest BCUT2D eigenvalue weighted by atomic mass is 32.1. The van der Waals surface area contributed by atoms with Crippen molar-refractivity contribution >= 4 is 28.5 Å². The van der Waals surface area contributed by atoms with Gasteiger partial charge in [0, 0.05) is 24.2 Å². The molecule has 3 N–H and O–H groups in total. The fraction of sp³-hybridized carbons (Fsp3) is 0.444. The second-order valence-corrected chi connectivity index (χ2v) is 2.97. The molecule has 0 fully saturated rings. The molecule has 0 radical (unpaired) electrons. The Kier molecular flexibility index (Phi) is 7.17. The predicted octanol–water partition coefficient (Wildman–Crippen LogP) is 1.75. The standard InChI is InChI=1S/C7H11N5S.C2H6/c1-3-5(4-10-9-2)6-11-7(8)13-12-6;1-2/h3-4,9H,1-2H3,(H2,8,11,12);1-2H3/b5-3+,10-4-;. The van der Waals surface area contributed by atoms with Gasteiger partial charge in [0.25, 0.3) is 0 Å². The summed E-state index contributed by atoms with van der Waals surface area (Å²) in [7, 11) is 1.73. The molecule has 0 spiro atoms. The fourth-order valence-electron chi connectivity index (χ4n) is 0.748. The van der Waals surface area contributed by atoms with Crippen molar-refractivity contribution < 1.29 is 0 Å². The average Bonchev–Trinajstić information content (AvgIpc) is 2.69. The molecule has 0 saturated heterocycles. The van der Waals surface area contributed by atoms with Gasteiger partial charge < -0.3 is 11.2 Å². The van der Waals surface area contributed by atoms with Crippen molar-refractivity contribution in [2.75, 3.05) is 12.8 Å². The van der Waals surface area contributed by atoms with Crippen molar-refractivity contribution in [2.24, 2.45) is 5.10 Å². The van der Waals surface area contributed by atoms with Gasteiger partial charge in [0.15, 0.2) is 11.0 Å². The Bertz CT molecular complexity index is 329. The number of rotatable bonds is 3. The third kappa shape index (κ3) is 4.55. The third-order valence-electron chi connectivity index (χ3n) is 1.34. The van der Waals surface area contributed by atoms with Gasteiger partial charge in [0.05, 0.1) is 6.21 Å². The van der Waals surface area contributed by atoms with Crippen molar-refractivity contribution in [3.05, 3.63) is 11.9 Å². The number of hydrogen-bond donors (Lipinski definition) is 2. The van der Waals surface area contributed by atoms with Crippen molar-refractivity contribution in [2.45, 2.75) is 20.8 Å². The summed E-state index contributed by atoms with van der Waals surface area (Å²) in [4.78, 5) is 4.03. The Morgan fingerprint density at radius 2 is 2.20 bits per heavy atom. The summed E-state index contributed by atoms with van der Waals surface area (Å²) < 4.78 is 4.06. The molecule has 0 aliphatic rings. The molecule has 5 nitrogen and oxygen atoms in total. The Balaban J connectivity index is 0.000000921. The zero-order valence-corrected chi connectivity index (χ0v) is 10.3. The van der Waals surface area contributed by atoms with Crippen LogP contribution in [-0.2, 0) is 0 Å². The molecular formula is C9H17N5S. The molecule has 1 aromatic heterocycles. The van der Waals surface area contributed by atoms with E-state index in [4.69, 9.17) is 5.73 Å². The van der Waals surface area contributed by atoms with Gasteiger partial charge in [-0.2, -0.15) is 14.5 Å². The van der Waals surface area contributed by atoms with Gasteiger partial charge >= 0.3 is 0 Å². The largest absolute Gasteiger partial charge is 0.374 e. The van der Waals surface area contributed by atoms with E-state index in [9.17, 15) is 0 Å². The van der Waals surface area contributed by atoms with Gasteiger partial charge in [-0.3, -0.25) is 0 Å². The smallest absolute Gasteiger partial charge is 0.200 e. The topological polar surface area (TPSA) is 76.2 Å². The molecule has 1 aromatic rings. The summed E-state index contributed by atoms with van der Waals surface area (Å²) in [6, 6.07) is 0. The second-order valence-electron chi connectivity index (χ2n) is 2.18. The van der Waals surface area contributed by atoms with E-state index in [2.05, 4.69) is 19.9 Å². The summed E-state index contributed by atoms with van der Waals surface area (Å²) >= 11 is 1.18. The normalized spacial score (nSPS) is 11.1. The summed E-state index contributed by atoms with van der Waals surface area (Å²) in [5, 5.41) is 4.33. The number of anilines is 1. The fourth-order valence-corrected chi connectivity index (χ4v) is 1.20. The van der Waals surface area contributed by atoms with Crippen LogP contribution in [-0.4, -0.2) is 22.6 Å². The van der Waals surface area contributed by atoms with Crippen molar-refractivity contribution in [1.82, 2.24) is 14.8 Å². The number of nitrogens with one attached hydrogen (secondary N) is 1. The molecule has 1 heterocycles. The maximum atomic E-state index is 5.46. The van der Waals surface area contributed by atoms with Gasteiger partial charge in [-0.25, -0.2) is 0 Å². The lowest BCUT2D eigenvalue weighted by Gasteiger charge is -1.92. The monoisotopic (exact) mass is 227 g/mol. The Hall–Kier alpha value is -1.43. The first-order valence-electron chi connectivity index (χ1n) is 4.73. The van der Waals surface area contributed by atoms with Gasteiger partial charge in [-0.1, -0.05) is 19.9 Å². The van der Waals surface area contributed by atoms with Crippen molar-refractivity contribution in [1.29, 1.82) is 0 Å². The highest BCUT2D eigenvalue weighted by molar-refractivity contribution is 7.09. The van der Waals surface area contributed by atoms with Gasteiger partial charge in [-0.15, -0.1) is 0 Å². The molecule has 1 rings (SSSR count). The highest BCUT2D eigenvalue weighted by Gasteiger charge is 2.03. The Labute approximate surface area is 94.3 Å². The number of hydrazone groups is 1. The maximum Gasteiger partial charge on any atom is 0.200 e. The molecule has 84 valence electrons. The van der Waals surface area contributed by atoms with Crippen LogP contribution in [0, 0.1) is 0 Å². The van der Waals surface area contributed by atoms with Crippen molar-refractivity contribution in [3.8, 4) is 0 Å². The first kappa shape index (κ1) is 13.6. The van der Waals surface area contributed by atoms with Crippen LogP contribution in [0.25, 0.3) is 5.57 Å². The van der Waals surface area contributed by atoms with E-state index in [1.54, 1.807) is 13.3 Å². The lowest BCUT2D eigenvalue weighted by molar-refractivity contribution is 0.909. The van der Waals surface area contributed by atoms with Crippen LogP contribution < -0.4 is 11.2 Å². The number of hydrogen-bond acceptors (Lipinski definition) is 6. The van der Waals surface area contributed by atoms with E-state index >= 15 is 0 Å². The summed E-state index contributed by atoms with van der Waals surface area (Å²) in [5.41, 5.74) is 8.96. The highest BCUT2D eigenvalue weighted by Crippen LogP contribution is 2.12. The molecule has 0 aliphatic heterocycles. The Morgan fingerprint density at radius 3 is 2.60 bits per heavy atom. The van der Waals surface area contributed by atoms with Crippen molar-refractivity contribution in [3.63, 3.8) is 0 Å². The first-order chi connectivity index (χ1) is 7.27. The SMILES string of the molecule is C/C=C(\C=N/NC)c1nsc(N)n1.CC. The number of nitrogens with zero attached hydrogens (tertiary/aromatic N) is 3. The van der Waals surface area contributed by atoms with Gasteiger partial charge in [0.2, 0.25) is 0 Å². The van der Waals surface area contributed by atoms with E-state index < -0.39 is 0 Å². The zero-order valence-electron chi connectivity index (χ0n) is 9.48. The van der Waals surface area contributed by atoms with E-state index in [1.165, 1.54) is 11.5 Å². The number of aromatic nitrogens is 2. The van der Waals surface area contributed by atoms with E-state index in [0.717, 1.165) is 5.57 Å². The molecule has 6 heteroatoms. The van der Waals surface area contributed by atoms with E-state index in [1.807, 2.05) is 26.8 Å². The molecule has 0 aromatic carbocycles. The number of nitrogen functional groups attached to an aromatic ring is 1. The van der Waals surface area contributed by atoms with Crippen LogP contribution in [0.15, 0.2) is 11.2 Å². The quantitative estimate of drug-likeness (QED) is 0.609. The molecule has 0 saturated carbocycles. The van der Waals surface area contributed by atoms with Crippen LogP contribution in [0.5, 0.6) is 0 Å². The van der Waals surface area contributed by atoms with Crippen LogP contribution in [0.2, 0.25) is 0 Å². The lowest BCUT2D eigenvalue weighted by Crippen LogP contribution is -1.96. The number of allylic oxidation sites excluding steroid dienone is 2. The zero-order chi connectivity index (χ0) is 11.7. The first-order valence-corrected chi connectivity index (χ1v) is 5.51. The Morgan fingerprint density at radius 1 is 1.53 bits per heavy atom. The van der Waals surface area contributed by atoms with Gasteiger partial charge in [-0.05, 0) is 6.92 Å². The molecule has 0 aliphatic carbocycles. The number of nitrogens with two attached hydrogens (primary N) is 1. The third-order valence-corrected chi connectivity index (χ3v) is 1.89. The van der Waals surface area contributed by atoms with Crippen LogP contribution in [0.1, 0.15) is 26.6 Å². The molecule has 0 unspecified atom stereocenters. The molecule has 0 amide bonds. The average molecular weight is 227 g/mol. The van der Waals surface area contributed by atoms with Crippen LogP contribution in [0.3, 0.4) is 0 Å². The van der Waals surface area contributed by atoms with Gasteiger partial charge in [0.1, 0.15) is 0 Å². The summed E-state index contributed by atoms with van der Waals surface area (Å²) in [6.45, 7) is 5.90. The molecular weight excluding hydrogens is 210 g/mol. The lowest BCUT2D eigenvalue weighted by atomic mass is 10.3. The minimum atomic E-state index is 0.465. The van der Waals surface area contributed by atoms with Crippen LogP contribution in [0.4, 0.5) is 5.13 Å². The second kappa shape index (κ2) is 7.93. The predicted molar refractivity (Wildman–Crippen MR) is 66.9 cm³/mol. The van der Waals surface area contributed by atoms with Crippen LogP contribution >= 0.6 is 11.5 Å². The minimum Gasteiger partial charge on any atom is -0.374 e. The summed E-state index contributed by atoms with van der Waals surface area (Å²) in [5.74, 6) is 0.615. The molecule has 0 bridgehead atoms. The van der Waals surface area contributed by atoms with E-state index in [-0.39, 0.29) is 0 Å². The van der Waals surface area contributed by atoms with E-state index in [0.29, 0.717) is 11.0 Å². The molecule has 15 heavy (non-hydrogen) atoms. The molecule has 0 atom stereocenters. The summed E-state index contributed by atoms with van der Waals surface area (Å²) in [6.07, 6.45) is 3.53.